The molecule has 0 saturated heterocycles. The summed E-state index contributed by atoms with van der Waals surface area (Å²) in [5.41, 5.74) is 1.44. The lowest BCUT2D eigenvalue weighted by molar-refractivity contribution is 0.285. The van der Waals surface area contributed by atoms with Crippen molar-refractivity contribution in [3.8, 4) is 0 Å². The summed E-state index contributed by atoms with van der Waals surface area (Å²) < 4.78 is 14.2. The zero-order valence-corrected chi connectivity index (χ0v) is 11.8. The van der Waals surface area contributed by atoms with Gasteiger partial charge in [-0.2, -0.15) is 0 Å². The van der Waals surface area contributed by atoms with Gasteiger partial charge in [-0.15, -0.1) is 0 Å². The smallest absolute Gasteiger partial charge is 0.124 e. The lowest BCUT2D eigenvalue weighted by Crippen LogP contribution is -2.32. The Balaban J connectivity index is 2.17. The molecule has 1 aromatic rings. The maximum absolute atomic E-state index is 13.4. The largest absolute Gasteiger partial charge is 0.319 e. The van der Waals surface area contributed by atoms with Gasteiger partial charge in [0.2, 0.25) is 0 Å². The van der Waals surface area contributed by atoms with E-state index in [4.69, 9.17) is 0 Å². The first-order chi connectivity index (χ1) is 8.13. The van der Waals surface area contributed by atoms with Crippen molar-refractivity contribution < 1.29 is 4.39 Å². The van der Waals surface area contributed by atoms with Gasteiger partial charge in [-0.3, -0.25) is 0 Å². The van der Waals surface area contributed by atoms with Crippen LogP contribution in [0, 0.1) is 11.2 Å². The topological polar surface area (TPSA) is 12.0 Å². The summed E-state index contributed by atoms with van der Waals surface area (Å²) in [7, 11) is 2.00. The van der Waals surface area contributed by atoms with Gasteiger partial charge < -0.3 is 5.32 Å². The van der Waals surface area contributed by atoms with Crippen molar-refractivity contribution in [2.24, 2.45) is 5.41 Å². The van der Waals surface area contributed by atoms with Crippen LogP contribution in [0.3, 0.4) is 0 Å². The summed E-state index contributed by atoms with van der Waals surface area (Å²) >= 11 is 3.36. The van der Waals surface area contributed by atoms with Crippen LogP contribution in [0.2, 0.25) is 0 Å². The van der Waals surface area contributed by atoms with Gasteiger partial charge in [0.1, 0.15) is 5.82 Å². The van der Waals surface area contributed by atoms with Crippen LogP contribution in [-0.2, 0) is 6.42 Å². The van der Waals surface area contributed by atoms with E-state index in [1.165, 1.54) is 31.7 Å². The van der Waals surface area contributed by atoms with Crippen molar-refractivity contribution in [1.29, 1.82) is 0 Å². The van der Waals surface area contributed by atoms with Gasteiger partial charge in [-0.05, 0) is 55.5 Å². The third-order valence-electron chi connectivity index (χ3n) is 3.72. The van der Waals surface area contributed by atoms with Crippen LogP contribution in [0.4, 0.5) is 4.39 Å². The van der Waals surface area contributed by atoms with E-state index in [2.05, 4.69) is 21.2 Å². The normalized spacial score (nSPS) is 18.5. The Morgan fingerprint density at radius 1 is 1.29 bits per heavy atom. The highest BCUT2D eigenvalue weighted by atomic mass is 79.9. The third kappa shape index (κ3) is 3.29. The van der Waals surface area contributed by atoms with Crippen molar-refractivity contribution in [2.45, 2.75) is 32.1 Å². The number of nitrogens with one attached hydrogen (secondary N) is 1. The Bertz CT molecular complexity index is 366. The molecule has 0 atom stereocenters. The van der Waals surface area contributed by atoms with Gasteiger partial charge in [0.05, 0.1) is 0 Å². The molecule has 1 aliphatic carbocycles. The maximum Gasteiger partial charge on any atom is 0.124 e. The average molecular weight is 300 g/mol. The van der Waals surface area contributed by atoms with Crippen LogP contribution in [0.15, 0.2) is 22.7 Å². The number of hydrogen-bond acceptors (Lipinski definition) is 1. The van der Waals surface area contributed by atoms with Gasteiger partial charge in [-0.25, -0.2) is 4.39 Å². The molecule has 0 heterocycles. The maximum atomic E-state index is 13.4. The van der Waals surface area contributed by atoms with E-state index in [0.29, 0.717) is 5.41 Å². The molecule has 1 nitrogen and oxygen atoms in total. The molecule has 0 spiro atoms. The molecular formula is C14H19BrFN. The molecule has 94 valence electrons. The van der Waals surface area contributed by atoms with Crippen molar-refractivity contribution in [1.82, 2.24) is 5.32 Å². The van der Waals surface area contributed by atoms with E-state index in [1.54, 1.807) is 6.07 Å². The Labute approximate surface area is 111 Å². The Morgan fingerprint density at radius 3 is 2.59 bits per heavy atom. The summed E-state index contributed by atoms with van der Waals surface area (Å²) in [6.07, 6.45) is 6.09. The SMILES string of the molecule is CNCC1(Cc2cc(F)cc(Br)c2)CCCC1. The highest BCUT2D eigenvalue weighted by Crippen LogP contribution is 2.40. The third-order valence-corrected chi connectivity index (χ3v) is 4.18. The van der Waals surface area contributed by atoms with E-state index in [9.17, 15) is 4.39 Å². The quantitative estimate of drug-likeness (QED) is 0.889. The van der Waals surface area contributed by atoms with Crippen molar-refractivity contribution >= 4 is 15.9 Å². The molecule has 0 aliphatic heterocycles. The van der Waals surface area contributed by atoms with E-state index in [1.807, 2.05) is 13.1 Å². The van der Waals surface area contributed by atoms with Crippen LogP contribution in [0.5, 0.6) is 0 Å². The minimum atomic E-state index is -0.146. The average Bonchev–Trinajstić information content (AvgIpc) is 2.65. The summed E-state index contributed by atoms with van der Waals surface area (Å²) in [6.45, 7) is 1.03. The molecule has 17 heavy (non-hydrogen) atoms. The Kier molecular flexibility index (Phi) is 4.21. The molecule has 2 rings (SSSR count). The molecule has 0 unspecified atom stereocenters. The summed E-state index contributed by atoms with van der Waals surface area (Å²) in [6, 6.07) is 5.22. The van der Waals surface area contributed by atoms with E-state index in [0.717, 1.165) is 23.0 Å². The molecule has 1 aromatic carbocycles. The Hall–Kier alpha value is -0.410. The number of benzene rings is 1. The molecule has 0 radical (unpaired) electrons. The lowest BCUT2D eigenvalue weighted by Gasteiger charge is -2.29. The fourth-order valence-electron chi connectivity index (χ4n) is 3.06. The van der Waals surface area contributed by atoms with Gasteiger partial charge in [-0.1, -0.05) is 28.8 Å². The number of halogens is 2. The molecule has 3 heteroatoms. The first-order valence-electron chi connectivity index (χ1n) is 6.23. The van der Waals surface area contributed by atoms with E-state index in [-0.39, 0.29) is 5.82 Å². The lowest BCUT2D eigenvalue weighted by atomic mass is 9.80. The van der Waals surface area contributed by atoms with Crippen LogP contribution in [-0.4, -0.2) is 13.6 Å². The monoisotopic (exact) mass is 299 g/mol. The molecule has 1 N–H and O–H groups in total. The van der Waals surface area contributed by atoms with Crippen LogP contribution in [0.1, 0.15) is 31.2 Å². The molecule has 1 fully saturated rings. The zero-order valence-electron chi connectivity index (χ0n) is 10.2. The predicted molar refractivity (Wildman–Crippen MR) is 72.6 cm³/mol. The minimum Gasteiger partial charge on any atom is -0.319 e. The molecule has 0 aromatic heterocycles. The fraction of sp³-hybridized carbons (Fsp3) is 0.571. The predicted octanol–water partition coefficient (Wildman–Crippen LogP) is 3.91. The summed E-state index contributed by atoms with van der Waals surface area (Å²) in [5.74, 6) is -0.146. The minimum absolute atomic E-state index is 0.146. The van der Waals surface area contributed by atoms with Gasteiger partial charge in [0.15, 0.2) is 0 Å². The highest BCUT2D eigenvalue weighted by Gasteiger charge is 2.33. The first-order valence-corrected chi connectivity index (χ1v) is 7.02. The first kappa shape index (κ1) is 13.0. The van der Waals surface area contributed by atoms with Crippen LogP contribution >= 0.6 is 15.9 Å². The molecule has 0 bridgehead atoms. The Morgan fingerprint density at radius 2 is 2.00 bits per heavy atom. The standard InChI is InChI=1S/C14H19BrFN/c1-17-10-14(4-2-3-5-14)9-11-6-12(15)8-13(16)7-11/h6-8,17H,2-5,9-10H2,1H3. The van der Waals surface area contributed by atoms with Gasteiger partial charge >= 0.3 is 0 Å². The van der Waals surface area contributed by atoms with Crippen molar-refractivity contribution in [3.05, 3.63) is 34.1 Å². The molecule has 1 saturated carbocycles. The van der Waals surface area contributed by atoms with E-state index >= 15 is 0 Å². The van der Waals surface area contributed by atoms with E-state index < -0.39 is 0 Å². The second kappa shape index (κ2) is 5.49. The fourth-order valence-corrected chi connectivity index (χ4v) is 3.57. The second-order valence-corrected chi connectivity index (χ2v) is 6.11. The number of hydrogen-bond donors (Lipinski definition) is 1. The second-order valence-electron chi connectivity index (χ2n) is 5.19. The van der Waals surface area contributed by atoms with Crippen molar-refractivity contribution in [2.75, 3.05) is 13.6 Å². The zero-order chi connectivity index (χ0) is 12.3. The highest BCUT2D eigenvalue weighted by molar-refractivity contribution is 9.10. The van der Waals surface area contributed by atoms with Crippen LogP contribution in [0.25, 0.3) is 0 Å². The summed E-state index contributed by atoms with van der Waals surface area (Å²) in [5, 5.41) is 3.29. The molecule has 1 aliphatic rings. The van der Waals surface area contributed by atoms with Gasteiger partial charge in [0, 0.05) is 11.0 Å². The van der Waals surface area contributed by atoms with Gasteiger partial charge in [0.25, 0.3) is 0 Å². The molecular weight excluding hydrogens is 281 g/mol. The van der Waals surface area contributed by atoms with Crippen LogP contribution < -0.4 is 5.32 Å². The number of rotatable bonds is 4. The summed E-state index contributed by atoms with van der Waals surface area (Å²) in [4.78, 5) is 0. The molecule has 0 amide bonds. The van der Waals surface area contributed by atoms with Crippen molar-refractivity contribution in [3.63, 3.8) is 0 Å².